The molecule has 0 saturated carbocycles. The highest BCUT2D eigenvalue weighted by Gasteiger charge is 2.38. The quantitative estimate of drug-likeness (QED) is 0.0883. The predicted octanol–water partition coefficient (Wildman–Crippen LogP) is 15.9. The summed E-state index contributed by atoms with van der Waals surface area (Å²) in [6, 6.07) is 109. The normalized spacial score (nSPS) is 13.9. The second kappa shape index (κ2) is 23.1. The van der Waals surface area contributed by atoms with Gasteiger partial charge in [-0.2, -0.15) is 0 Å². The Bertz CT molecular complexity index is 3360. The molecule has 76 heavy (non-hydrogen) atoms. The minimum atomic E-state index is -0.917. The summed E-state index contributed by atoms with van der Waals surface area (Å²) in [7, 11) is -3.67. The summed E-state index contributed by atoms with van der Waals surface area (Å²) in [6.45, 7) is 0. The molecule has 0 aromatic heterocycles. The molecule has 0 fully saturated rings. The molecule has 0 unspecified atom stereocenters. The van der Waals surface area contributed by atoms with E-state index >= 15 is 0 Å². The second-order valence-corrected chi connectivity index (χ2v) is 32.5. The Hall–Kier alpha value is -5.72. The first kappa shape index (κ1) is 49.8. The van der Waals surface area contributed by atoms with Crippen molar-refractivity contribution in [2.24, 2.45) is 0 Å². The van der Waals surface area contributed by atoms with Gasteiger partial charge in [-0.15, -0.1) is 0 Å². The Kier molecular flexibility index (Phi) is 15.1. The van der Waals surface area contributed by atoms with E-state index in [1.54, 1.807) is 0 Å². The maximum absolute atomic E-state index is 2.41. The Morgan fingerprint density at radius 3 is 0.474 bits per heavy atom. The molecule has 0 bridgehead atoms. The molecule has 11 aromatic rings. The first-order valence-electron chi connectivity index (χ1n) is 25.3. The fraction of sp³-hybridized carbons (Fsp3) is 0. The first-order chi connectivity index (χ1) is 37.8. The number of benzene rings is 11. The summed E-state index contributed by atoms with van der Waals surface area (Å²) in [6.07, 6.45) is 0. The van der Waals surface area contributed by atoms with Crippen LogP contribution in [0.4, 0.5) is 0 Å². The molecule has 0 N–H and O–H groups in total. The van der Waals surface area contributed by atoms with Crippen LogP contribution < -0.4 is 52.9 Å². The standard InChI is InChI=1S/C68H48P4S4/c1-9-29-49(30-10-1)69(50-31-11-2-12-32-50)63-64(70(51-33-13-3-14-34-51)52-35-15-4-16-36-52)74-67(73-63)61-57-45-25-27-47-59(57)62(60-48-28-26-46-58(60)61)68-75-65(71(53-37-17-5-18-38-53)54-39-19-6-20-40-54)66(76-68)72(55-41-21-7-22-42-55)56-43-23-8-24-44-56/h1-48H. The molecule has 11 aromatic carbocycles. The molecule has 2 aliphatic rings. The third kappa shape index (κ3) is 9.95. The van der Waals surface area contributed by atoms with E-state index in [0.29, 0.717) is 0 Å². The average molecular weight is 1120 g/mol. The fourth-order valence-electron chi connectivity index (χ4n) is 10.1. The molecule has 0 saturated heterocycles. The van der Waals surface area contributed by atoms with Crippen molar-refractivity contribution in [2.75, 3.05) is 0 Å². The smallest absolute Gasteiger partial charge is 0.0585 e. The van der Waals surface area contributed by atoms with Crippen LogP contribution in [0.2, 0.25) is 0 Å². The molecule has 0 aliphatic carbocycles. The van der Waals surface area contributed by atoms with Gasteiger partial charge in [0.25, 0.3) is 0 Å². The molecule has 0 spiro atoms. The minimum Gasteiger partial charge on any atom is -0.0796 e. The molecule has 2 heterocycles. The lowest BCUT2D eigenvalue weighted by molar-refractivity contribution is 1.69. The van der Waals surface area contributed by atoms with E-state index < -0.39 is 31.7 Å². The predicted molar refractivity (Wildman–Crippen MR) is 348 cm³/mol. The summed E-state index contributed by atoms with van der Waals surface area (Å²) in [5, 5.41) is 18.8. The number of hydrogen-bond acceptors (Lipinski definition) is 4. The van der Waals surface area contributed by atoms with Crippen LogP contribution in [0, 0.1) is 0 Å². The SMILES string of the molecule is c1ccc(P(C2=C(P(c3ccccc3)c3ccccc3)SC(=c3c4ccccc4c(=C4SC(P(c5ccccc5)c5ccccc5)=C(P(c5ccccc5)c5ccccc5)S4)c4ccccc34)S2)c2ccccc2)cc1. The zero-order valence-corrected chi connectivity index (χ0v) is 48.0. The molecule has 0 amide bonds. The van der Waals surface area contributed by atoms with Crippen molar-refractivity contribution in [3.8, 4) is 0 Å². The molecule has 8 heteroatoms. The fourth-order valence-corrected chi connectivity index (χ4v) is 30.5. The highest BCUT2D eigenvalue weighted by atomic mass is 32.2. The number of fused-ring (bicyclic) bond motifs is 2. The molecular formula is C68H48P4S4. The second-order valence-electron chi connectivity index (χ2n) is 18.1. The van der Waals surface area contributed by atoms with Gasteiger partial charge >= 0.3 is 0 Å². The molecule has 0 atom stereocenters. The lowest BCUT2D eigenvalue weighted by Gasteiger charge is -2.25. The van der Waals surface area contributed by atoms with Crippen molar-refractivity contribution in [1.29, 1.82) is 0 Å². The van der Waals surface area contributed by atoms with Crippen LogP contribution in [0.3, 0.4) is 0 Å². The van der Waals surface area contributed by atoms with Crippen molar-refractivity contribution < 1.29 is 0 Å². The Balaban J connectivity index is 1.08. The van der Waals surface area contributed by atoms with Gasteiger partial charge in [0.05, 0.1) is 8.47 Å². The van der Waals surface area contributed by atoms with Crippen LogP contribution in [-0.2, 0) is 0 Å². The van der Waals surface area contributed by atoms with E-state index in [1.807, 2.05) is 47.0 Å². The van der Waals surface area contributed by atoms with Crippen molar-refractivity contribution in [2.45, 2.75) is 0 Å². The maximum atomic E-state index is 2.41. The van der Waals surface area contributed by atoms with Crippen molar-refractivity contribution in [3.63, 3.8) is 0 Å². The third-order valence-electron chi connectivity index (χ3n) is 13.4. The summed E-state index contributed by atoms with van der Waals surface area (Å²) in [5.74, 6) is 0. The van der Waals surface area contributed by atoms with Gasteiger partial charge in [0.1, 0.15) is 0 Å². The Morgan fingerprint density at radius 1 is 0.171 bits per heavy atom. The van der Waals surface area contributed by atoms with Crippen LogP contribution in [0.1, 0.15) is 0 Å². The largest absolute Gasteiger partial charge is 0.0796 e. The van der Waals surface area contributed by atoms with Crippen LogP contribution in [0.5, 0.6) is 0 Å². The molecule has 13 rings (SSSR count). The van der Waals surface area contributed by atoms with Gasteiger partial charge in [0.15, 0.2) is 0 Å². The first-order valence-corrected chi connectivity index (χ1v) is 33.9. The molecule has 364 valence electrons. The van der Waals surface area contributed by atoms with E-state index in [4.69, 9.17) is 0 Å². The van der Waals surface area contributed by atoms with Crippen LogP contribution in [0.15, 0.2) is 310 Å². The lowest BCUT2D eigenvalue weighted by Crippen LogP contribution is -2.17. The van der Waals surface area contributed by atoms with Gasteiger partial charge in [-0.3, -0.25) is 0 Å². The molecule has 0 nitrogen and oxygen atoms in total. The van der Waals surface area contributed by atoms with Crippen LogP contribution >= 0.6 is 78.7 Å². The lowest BCUT2D eigenvalue weighted by atomic mass is 9.99. The molecular weight excluding hydrogens is 1070 g/mol. The number of rotatable bonds is 12. The molecule has 0 radical (unpaired) electrons. The van der Waals surface area contributed by atoms with E-state index in [9.17, 15) is 0 Å². The van der Waals surface area contributed by atoms with Crippen molar-refractivity contribution >= 4 is 151 Å². The van der Waals surface area contributed by atoms with Crippen LogP contribution in [0.25, 0.3) is 30.0 Å². The average Bonchev–Trinajstić information content (AvgIpc) is 4.25. The van der Waals surface area contributed by atoms with Gasteiger partial charge in [-0.1, -0.05) is 338 Å². The van der Waals surface area contributed by atoms with Gasteiger partial charge in [-0.05, 0) is 95.7 Å². The summed E-state index contributed by atoms with van der Waals surface area (Å²) < 4.78 is 8.61. The van der Waals surface area contributed by atoms with Gasteiger partial charge in [-0.25, -0.2) is 0 Å². The maximum Gasteiger partial charge on any atom is 0.0585 e. The van der Waals surface area contributed by atoms with Crippen molar-refractivity contribution in [3.05, 3.63) is 320 Å². The summed E-state index contributed by atoms with van der Waals surface area (Å²) >= 11 is 8.15. The van der Waals surface area contributed by atoms with Crippen LogP contribution in [-0.4, -0.2) is 0 Å². The molecule has 2 aliphatic heterocycles. The summed E-state index contributed by atoms with van der Waals surface area (Å²) in [5.41, 5.74) is 0. The topological polar surface area (TPSA) is 0 Å². The number of hydrogen-bond donors (Lipinski definition) is 0. The Morgan fingerprint density at radius 2 is 0.316 bits per heavy atom. The number of thioether (sulfide) groups is 4. The third-order valence-corrected chi connectivity index (χ3v) is 31.1. The van der Waals surface area contributed by atoms with E-state index in [1.165, 1.54) is 101 Å². The van der Waals surface area contributed by atoms with Gasteiger partial charge < -0.3 is 0 Å². The zero-order chi connectivity index (χ0) is 50.6. The van der Waals surface area contributed by atoms with E-state index in [0.717, 1.165) is 0 Å². The Labute approximate surface area is 467 Å². The van der Waals surface area contributed by atoms with Crippen molar-refractivity contribution in [1.82, 2.24) is 0 Å². The zero-order valence-electron chi connectivity index (χ0n) is 41.1. The van der Waals surface area contributed by atoms with Gasteiger partial charge in [0, 0.05) is 29.0 Å². The minimum absolute atomic E-state index is 0.917. The summed E-state index contributed by atoms with van der Waals surface area (Å²) in [4.78, 5) is 0. The van der Waals surface area contributed by atoms with E-state index in [-0.39, 0.29) is 0 Å². The van der Waals surface area contributed by atoms with E-state index in [2.05, 4.69) is 291 Å². The highest BCUT2D eigenvalue weighted by molar-refractivity contribution is 8.42. The monoisotopic (exact) mass is 1120 g/mol. The highest BCUT2D eigenvalue weighted by Crippen LogP contribution is 2.71. The van der Waals surface area contributed by atoms with Gasteiger partial charge in [0.2, 0.25) is 0 Å².